The zero-order chi connectivity index (χ0) is 21.4. The fraction of sp³-hybridized carbons (Fsp3) is 0.708. The summed E-state index contributed by atoms with van der Waals surface area (Å²) in [6.07, 6.45) is 8.36. The summed E-state index contributed by atoms with van der Waals surface area (Å²) in [7, 11) is -1.57. The molecular weight excluding hydrogens is 380 g/mol. The second-order valence-corrected chi connectivity index (χ2v) is 12.8. The molecular formula is C24H42O4Si. The zero-order valence-electron chi connectivity index (χ0n) is 18.8. The first-order valence-corrected chi connectivity index (χ1v) is 14.1. The highest BCUT2D eigenvalue weighted by Gasteiger charge is 2.29. The van der Waals surface area contributed by atoms with Crippen LogP contribution in [0.15, 0.2) is 30.3 Å². The molecule has 1 rings (SSSR count). The third-order valence-electron chi connectivity index (χ3n) is 5.94. The summed E-state index contributed by atoms with van der Waals surface area (Å²) in [5.41, 5.74) is 0.618. The molecule has 0 aliphatic rings. The lowest BCUT2D eigenvalue weighted by Crippen LogP contribution is -2.38. The van der Waals surface area contributed by atoms with E-state index in [1.807, 2.05) is 18.2 Å². The Bertz CT molecular complexity index is 523. The summed E-state index contributed by atoms with van der Waals surface area (Å²) >= 11 is 0. The van der Waals surface area contributed by atoms with Crippen molar-refractivity contribution in [1.29, 1.82) is 0 Å². The summed E-state index contributed by atoms with van der Waals surface area (Å²) in [4.78, 5) is 11.8. The highest BCUT2D eigenvalue weighted by atomic mass is 28.4. The van der Waals surface area contributed by atoms with Crippen molar-refractivity contribution in [3.05, 3.63) is 35.9 Å². The molecule has 0 radical (unpaired) electrons. The van der Waals surface area contributed by atoms with Crippen LogP contribution in [-0.2, 0) is 9.16 Å². The number of hydrogen-bond acceptors (Lipinski definition) is 4. The number of carbonyl (C=O) groups excluding carboxylic acids is 1. The molecule has 0 amide bonds. The topological polar surface area (TPSA) is 55.8 Å². The molecule has 29 heavy (non-hydrogen) atoms. The number of rotatable bonds is 17. The monoisotopic (exact) mass is 422 g/mol. The van der Waals surface area contributed by atoms with Crippen molar-refractivity contribution in [2.75, 3.05) is 13.2 Å². The minimum absolute atomic E-state index is 0.232. The molecule has 0 bridgehead atoms. The standard InChI is InChI=1S/C24H42O4Si/c1-4-29(5-2,6-3)28-21-23(25)19-15-10-8-7-9-11-16-20-27-24(26)22-17-13-12-14-18-22/h12-14,17-18,23,25H,4-11,15-16,19-21H2,1-3H3. The van der Waals surface area contributed by atoms with Gasteiger partial charge in [-0.15, -0.1) is 0 Å². The summed E-state index contributed by atoms with van der Waals surface area (Å²) in [6, 6.07) is 12.6. The number of unbranched alkanes of at least 4 members (excludes halogenated alkanes) is 6. The molecule has 0 aromatic heterocycles. The van der Waals surface area contributed by atoms with Gasteiger partial charge in [0, 0.05) is 0 Å². The van der Waals surface area contributed by atoms with Gasteiger partial charge in [0.1, 0.15) is 0 Å². The van der Waals surface area contributed by atoms with Crippen molar-refractivity contribution in [2.45, 2.75) is 96.4 Å². The lowest BCUT2D eigenvalue weighted by atomic mass is 10.1. The molecule has 0 aliphatic carbocycles. The van der Waals surface area contributed by atoms with Crippen LogP contribution in [0.2, 0.25) is 18.1 Å². The maximum absolute atomic E-state index is 11.8. The fourth-order valence-corrected chi connectivity index (χ4v) is 6.26. The Morgan fingerprint density at radius 2 is 1.45 bits per heavy atom. The van der Waals surface area contributed by atoms with E-state index in [1.165, 1.54) is 19.3 Å². The number of carbonyl (C=O) groups is 1. The smallest absolute Gasteiger partial charge is 0.338 e. The third kappa shape index (κ3) is 11.0. The van der Waals surface area contributed by atoms with Gasteiger partial charge in [0.15, 0.2) is 8.32 Å². The van der Waals surface area contributed by atoms with Gasteiger partial charge in [-0.05, 0) is 43.1 Å². The van der Waals surface area contributed by atoms with Gasteiger partial charge < -0.3 is 14.3 Å². The second-order valence-electron chi connectivity index (χ2n) is 7.97. The van der Waals surface area contributed by atoms with Gasteiger partial charge in [0.05, 0.1) is 24.9 Å². The van der Waals surface area contributed by atoms with E-state index in [0.29, 0.717) is 18.8 Å². The number of ether oxygens (including phenoxy) is 1. The molecule has 5 heteroatoms. The predicted octanol–water partition coefficient (Wildman–Crippen LogP) is 6.35. The Kier molecular flexibility index (Phi) is 13.9. The number of benzene rings is 1. The summed E-state index contributed by atoms with van der Waals surface area (Å²) in [5.74, 6) is -0.232. The number of aliphatic hydroxyl groups is 1. The minimum Gasteiger partial charge on any atom is -0.462 e. The van der Waals surface area contributed by atoms with E-state index >= 15 is 0 Å². The molecule has 0 heterocycles. The molecule has 4 nitrogen and oxygen atoms in total. The van der Waals surface area contributed by atoms with Gasteiger partial charge in [-0.1, -0.05) is 77.5 Å². The quantitative estimate of drug-likeness (QED) is 0.181. The molecule has 0 spiro atoms. The number of hydrogen-bond donors (Lipinski definition) is 1. The normalized spacial score (nSPS) is 12.7. The van der Waals surface area contributed by atoms with E-state index in [2.05, 4.69) is 20.8 Å². The molecule has 1 aromatic carbocycles. The average Bonchev–Trinajstić information content (AvgIpc) is 2.76. The Hall–Kier alpha value is -1.17. The molecule has 0 saturated carbocycles. The Balaban J connectivity index is 1.95. The molecule has 1 atom stereocenters. The number of aliphatic hydroxyl groups excluding tert-OH is 1. The molecule has 0 saturated heterocycles. The van der Waals surface area contributed by atoms with E-state index in [-0.39, 0.29) is 12.1 Å². The van der Waals surface area contributed by atoms with Crippen LogP contribution < -0.4 is 0 Å². The van der Waals surface area contributed by atoms with Crippen LogP contribution >= 0.6 is 0 Å². The lowest BCUT2D eigenvalue weighted by molar-refractivity contribution is 0.0497. The SMILES string of the molecule is CC[Si](CC)(CC)OCC(O)CCCCCCCCCOC(=O)c1ccccc1. The van der Waals surface area contributed by atoms with Crippen molar-refractivity contribution in [3.8, 4) is 0 Å². The lowest BCUT2D eigenvalue weighted by Gasteiger charge is -2.29. The Labute approximate surface area is 179 Å². The van der Waals surface area contributed by atoms with Crippen LogP contribution in [0, 0.1) is 0 Å². The molecule has 0 fully saturated rings. The van der Waals surface area contributed by atoms with Gasteiger partial charge in [-0.3, -0.25) is 0 Å². The van der Waals surface area contributed by atoms with Gasteiger partial charge in [0.2, 0.25) is 0 Å². The second kappa shape index (κ2) is 15.6. The van der Waals surface area contributed by atoms with Gasteiger partial charge in [-0.25, -0.2) is 4.79 Å². The predicted molar refractivity (Wildman–Crippen MR) is 123 cm³/mol. The van der Waals surface area contributed by atoms with Crippen LogP contribution in [0.1, 0.15) is 82.5 Å². The van der Waals surface area contributed by atoms with Crippen LogP contribution in [0.25, 0.3) is 0 Å². The van der Waals surface area contributed by atoms with Gasteiger partial charge in [-0.2, -0.15) is 0 Å². The van der Waals surface area contributed by atoms with Crippen molar-refractivity contribution >= 4 is 14.3 Å². The van der Waals surface area contributed by atoms with Gasteiger partial charge >= 0.3 is 5.97 Å². The first kappa shape index (κ1) is 25.9. The maximum atomic E-state index is 11.8. The molecule has 0 aliphatic heterocycles. The first-order chi connectivity index (χ1) is 14.1. The fourth-order valence-electron chi connectivity index (χ4n) is 3.60. The van der Waals surface area contributed by atoms with Crippen molar-refractivity contribution in [1.82, 2.24) is 0 Å². The summed E-state index contributed by atoms with van der Waals surface area (Å²) < 4.78 is 11.5. The highest BCUT2D eigenvalue weighted by molar-refractivity contribution is 6.73. The van der Waals surface area contributed by atoms with Crippen LogP contribution in [0.5, 0.6) is 0 Å². The van der Waals surface area contributed by atoms with E-state index < -0.39 is 8.32 Å². The van der Waals surface area contributed by atoms with Crippen LogP contribution in [0.4, 0.5) is 0 Å². The van der Waals surface area contributed by atoms with Crippen LogP contribution in [0.3, 0.4) is 0 Å². The Morgan fingerprint density at radius 3 is 2.03 bits per heavy atom. The molecule has 1 aromatic rings. The van der Waals surface area contributed by atoms with Crippen molar-refractivity contribution < 1.29 is 19.1 Å². The average molecular weight is 423 g/mol. The first-order valence-electron chi connectivity index (χ1n) is 11.6. The van der Waals surface area contributed by atoms with E-state index in [9.17, 15) is 9.90 Å². The zero-order valence-corrected chi connectivity index (χ0v) is 19.8. The van der Waals surface area contributed by atoms with E-state index in [0.717, 1.165) is 50.2 Å². The minimum atomic E-state index is -1.57. The van der Waals surface area contributed by atoms with Crippen LogP contribution in [-0.4, -0.2) is 38.7 Å². The number of esters is 1. The van der Waals surface area contributed by atoms with E-state index in [1.54, 1.807) is 12.1 Å². The summed E-state index contributed by atoms with van der Waals surface area (Å²) in [5, 5.41) is 10.2. The Morgan fingerprint density at radius 1 is 0.897 bits per heavy atom. The molecule has 1 unspecified atom stereocenters. The largest absolute Gasteiger partial charge is 0.462 e. The van der Waals surface area contributed by atoms with E-state index in [4.69, 9.17) is 9.16 Å². The highest BCUT2D eigenvalue weighted by Crippen LogP contribution is 2.22. The van der Waals surface area contributed by atoms with Crippen molar-refractivity contribution in [2.24, 2.45) is 0 Å². The maximum Gasteiger partial charge on any atom is 0.338 e. The molecule has 1 N–H and O–H groups in total. The van der Waals surface area contributed by atoms with Gasteiger partial charge in [0.25, 0.3) is 0 Å². The third-order valence-corrected chi connectivity index (χ3v) is 10.6. The molecule has 166 valence electrons. The van der Waals surface area contributed by atoms with Crippen molar-refractivity contribution in [3.63, 3.8) is 0 Å². The summed E-state index contributed by atoms with van der Waals surface area (Å²) in [6.45, 7) is 7.68.